The van der Waals surface area contributed by atoms with Crippen molar-refractivity contribution >= 4 is 0 Å². The fourth-order valence-electron chi connectivity index (χ4n) is 0.926. The molecule has 1 rings (SSSR count). The third kappa shape index (κ3) is 8.98. The van der Waals surface area contributed by atoms with Crippen LogP contribution in [0.1, 0.15) is 37.8 Å². The summed E-state index contributed by atoms with van der Waals surface area (Å²) in [6.45, 7) is 4.34. The minimum Gasteiger partial charge on any atom is -0.396 e. The third-order valence-electron chi connectivity index (χ3n) is 2.18. The number of aliphatic hydroxyl groups is 3. The molecule has 0 aliphatic rings. The molecular formula is C14H22F4O3Zr. The van der Waals surface area contributed by atoms with Crippen molar-refractivity contribution in [1.29, 1.82) is 0 Å². The first kappa shape index (κ1) is 26.6. The maximum atomic E-state index is 12.8. The fourth-order valence-corrected chi connectivity index (χ4v) is 0.926. The standard InChI is InChI=1S/C8H6F4O.2C3H8O.Zr/c1-3-5(9)7(11)4(2-13)8(12)6(3)10;2*1-2-3-4;/h13H,2H2,1H3;2*4H,2-3H2,1H3;. The van der Waals surface area contributed by atoms with Gasteiger partial charge in [-0.2, -0.15) is 0 Å². The molecule has 1 aromatic carbocycles. The Hall–Kier alpha value is -0.297. The molecule has 0 aliphatic carbocycles. The molecule has 0 aliphatic heterocycles. The van der Waals surface area contributed by atoms with E-state index in [4.69, 9.17) is 15.3 Å². The molecule has 0 saturated carbocycles. The van der Waals surface area contributed by atoms with E-state index in [-0.39, 0.29) is 26.2 Å². The zero-order chi connectivity index (χ0) is 17.0. The SMILES string of the molecule is CCCO.CCCO.Cc1c(F)c(F)c(CO)c(F)c1F.[Zr]. The van der Waals surface area contributed by atoms with Crippen LogP contribution in [-0.2, 0) is 32.8 Å². The second kappa shape index (κ2) is 15.6. The van der Waals surface area contributed by atoms with E-state index in [0.29, 0.717) is 13.2 Å². The summed E-state index contributed by atoms with van der Waals surface area (Å²) >= 11 is 0. The van der Waals surface area contributed by atoms with Gasteiger partial charge in [-0.05, 0) is 19.8 Å². The van der Waals surface area contributed by atoms with Gasteiger partial charge >= 0.3 is 0 Å². The number of halogens is 4. The first-order chi connectivity index (χ1) is 9.83. The van der Waals surface area contributed by atoms with Crippen LogP contribution in [0, 0.1) is 30.2 Å². The van der Waals surface area contributed by atoms with Gasteiger partial charge < -0.3 is 15.3 Å². The normalized spacial score (nSPS) is 9.00. The first-order valence-corrected chi connectivity index (χ1v) is 6.47. The summed E-state index contributed by atoms with van der Waals surface area (Å²) in [7, 11) is 0. The number of hydrogen-bond acceptors (Lipinski definition) is 3. The molecule has 0 amide bonds. The summed E-state index contributed by atoms with van der Waals surface area (Å²) in [6, 6.07) is 0. The molecule has 0 spiro atoms. The summed E-state index contributed by atoms with van der Waals surface area (Å²) < 4.78 is 51.0. The number of benzene rings is 1. The Morgan fingerprint density at radius 2 is 1.00 bits per heavy atom. The van der Waals surface area contributed by atoms with Gasteiger partial charge in [0.15, 0.2) is 23.3 Å². The van der Waals surface area contributed by atoms with Crippen LogP contribution in [0.3, 0.4) is 0 Å². The van der Waals surface area contributed by atoms with E-state index in [2.05, 4.69) is 0 Å². The molecule has 1 aromatic rings. The first-order valence-electron chi connectivity index (χ1n) is 6.47. The molecule has 0 fully saturated rings. The average molecular weight is 406 g/mol. The Kier molecular flexibility index (Phi) is 18.8. The van der Waals surface area contributed by atoms with E-state index in [9.17, 15) is 17.6 Å². The van der Waals surface area contributed by atoms with Crippen LogP contribution in [0.5, 0.6) is 0 Å². The van der Waals surface area contributed by atoms with E-state index in [1.165, 1.54) is 0 Å². The Bertz CT molecular complexity index is 381. The largest absolute Gasteiger partial charge is 0.396 e. The Balaban J connectivity index is -0.000000338. The molecule has 22 heavy (non-hydrogen) atoms. The molecule has 3 N–H and O–H groups in total. The van der Waals surface area contributed by atoms with Gasteiger partial charge in [0.1, 0.15) is 0 Å². The average Bonchev–Trinajstić information content (AvgIpc) is 2.52. The van der Waals surface area contributed by atoms with Crippen molar-refractivity contribution in [3.8, 4) is 0 Å². The molecule has 0 aromatic heterocycles. The zero-order valence-electron chi connectivity index (χ0n) is 12.9. The predicted octanol–water partition coefficient (Wildman–Crippen LogP) is 2.82. The van der Waals surface area contributed by atoms with Crippen molar-refractivity contribution < 1.29 is 59.1 Å². The molecule has 0 unspecified atom stereocenters. The van der Waals surface area contributed by atoms with Crippen LogP contribution in [0.25, 0.3) is 0 Å². The quantitative estimate of drug-likeness (QED) is 0.535. The van der Waals surface area contributed by atoms with Gasteiger partial charge in [0.25, 0.3) is 0 Å². The molecule has 0 bridgehead atoms. The zero-order valence-corrected chi connectivity index (χ0v) is 15.3. The van der Waals surface area contributed by atoms with E-state index < -0.39 is 41.0 Å². The van der Waals surface area contributed by atoms with Gasteiger partial charge in [0.05, 0.1) is 12.2 Å². The van der Waals surface area contributed by atoms with E-state index in [1.54, 1.807) is 0 Å². The van der Waals surface area contributed by atoms with Gasteiger partial charge in [-0.25, -0.2) is 17.6 Å². The van der Waals surface area contributed by atoms with Crippen LogP contribution in [-0.4, -0.2) is 28.5 Å². The van der Waals surface area contributed by atoms with E-state index >= 15 is 0 Å². The van der Waals surface area contributed by atoms with Gasteiger partial charge in [-0.15, -0.1) is 0 Å². The minimum absolute atomic E-state index is 0. The van der Waals surface area contributed by atoms with Crippen molar-refractivity contribution in [3.63, 3.8) is 0 Å². The Labute approximate surface area is 147 Å². The van der Waals surface area contributed by atoms with Crippen molar-refractivity contribution in [3.05, 3.63) is 34.4 Å². The van der Waals surface area contributed by atoms with Crippen molar-refractivity contribution in [2.24, 2.45) is 0 Å². The maximum absolute atomic E-state index is 12.8. The monoisotopic (exact) mass is 404 g/mol. The van der Waals surface area contributed by atoms with Gasteiger partial charge in [0, 0.05) is 45.0 Å². The molecule has 0 atom stereocenters. The summed E-state index contributed by atoms with van der Waals surface area (Å²) in [5, 5.41) is 24.2. The van der Waals surface area contributed by atoms with Gasteiger partial charge in [-0.1, -0.05) is 13.8 Å². The second-order valence-electron chi connectivity index (χ2n) is 3.96. The summed E-state index contributed by atoms with van der Waals surface area (Å²) in [6.07, 6.45) is 1.75. The Morgan fingerprint density at radius 1 is 0.727 bits per heavy atom. The van der Waals surface area contributed by atoms with Crippen molar-refractivity contribution in [1.82, 2.24) is 0 Å². The van der Waals surface area contributed by atoms with Crippen molar-refractivity contribution in [2.75, 3.05) is 13.2 Å². The summed E-state index contributed by atoms with van der Waals surface area (Å²) in [4.78, 5) is 0. The van der Waals surface area contributed by atoms with Gasteiger partial charge in [0.2, 0.25) is 0 Å². The molecule has 8 heteroatoms. The molecule has 3 nitrogen and oxygen atoms in total. The number of rotatable bonds is 3. The number of aliphatic hydroxyl groups excluding tert-OH is 3. The summed E-state index contributed by atoms with van der Waals surface area (Å²) in [5.41, 5.74) is -1.72. The minimum atomic E-state index is -1.54. The molecule has 0 heterocycles. The molecule has 128 valence electrons. The smallest absolute Gasteiger partial charge is 0.167 e. The second-order valence-corrected chi connectivity index (χ2v) is 3.96. The maximum Gasteiger partial charge on any atom is 0.167 e. The van der Waals surface area contributed by atoms with E-state index in [0.717, 1.165) is 19.8 Å². The third-order valence-corrected chi connectivity index (χ3v) is 2.18. The predicted molar refractivity (Wildman–Crippen MR) is 71.7 cm³/mol. The van der Waals surface area contributed by atoms with E-state index in [1.807, 2.05) is 13.8 Å². The topological polar surface area (TPSA) is 60.7 Å². The Morgan fingerprint density at radius 3 is 1.18 bits per heavy atom. The van der Waals surface area contributed by atoms with Crippen LogP contribution in [0.2, 0.25) is 0 Å². The molecular weight excluding hydrogens is 383 g/mol. The van der Waals surface area contributed by atoms with Crippen molar-refractivity contribution in [2.45, 2.75) is 40.2 Å². The molecule has 0 radical (unpaired) electrons. The van der Waals surface area contributed by atoms with Crippen LogP contribution in [0.4, 0.5) is 17.6 Å². The fraction of sp³-hybridized carbons (Fsp3) is 0.571. The van der Waals surface area contributed by atoms with Crippen LogP contribution in [0.15, 0.2) is 0 Å². The van der Waals surface area contributed by atoms with Crippen LogP contribution < -0.4 is 0 Å². The number of hydrogen-bond donors (Lipinski definition) is 3. The summed E-state index contributed by atoms with van der Waals surface area (Å²) in [5.74, 6) is -6.02. The molecule has 0 saturated heterocycles. The van der Waals surface area contributed by atoms with Crippen LogP contribution >= 0.6 is 0 Å². The van der Waals surface area contributed by atoms with Gasteiger partial charge in [-0.3, -0.25) is 0 Å².